The lowest BCUT2D eigenvalue weighted by Crippen LogP contribution is -2.25. The number of guanidine groups is 1. The van der Waals surface area contributed by atoms with Crippen LogP contribution in [-0.2, 0) is 4.74 Å². The molecule has 1 saturated heterocycles. The van der Waals surface area contributed by atoms with Crippen molar-refractivity contribution < 1.29 is 18.6 Å². The zero-order chi connectivity index (χ0) is 14.5. The van der Waals surface area contributed by atoms with E-state index in [-0.39, 0.29) is 30.5 Å². The molecular weight excluding hydrogens is 268 g/mol. The van der Waals surface area contributed by atoms with E-state index in [0.29, 0.717) is 6.54 Å². The van der Waals surface area contributed by atoms with Crippen LogP contribution in [0.25, 0.3) is 0 Å². The van der Waals surface area contributed by atoms with Gasteiger partial charge in [0.1, 0.15) is 11.6 Å². The fraction of sp³-hybridized carbons (Fsp3) is 0.462. The van der Waals surface area contributed by atoms with Crippen molar-refractivity contribution in [3.8, 4) is 0 Å². The Bertz CT molecular complexity index is 497. The molecule has 1 fully saturated rings. The number of nitrogens with two attached hydrogens (primary N) is 1. The summed E-state index contributed by atoms with van der Waals surface area (Å²) in [5, 5.41) is 11.4. The molecule has 0 spiro atoms. The lowest BCUT2D eigenvalue weighted by atomic mass is 10.2. The minimum Gasteiger partial charge on any atom is -0.394 e. The van der Waals surface area contributed by atoms with Crippen molar-refractivity contribution in [3.63, 3.8) is 0 Å². The third-order valence-electron chi connectivity index (χ3n) is 3.06. The number of halogens is 2. The number of ether oxygens (including phenoxy) is 1. The van der Waals surface area contributed by atoms with Crippen LogP contribution in [0.1, 0.15) is 12.8 Å². The van der Waals surface area contributed by atoms with E-state index in [9.17, 15) is 8.78 Å². The van der Waals surface area contributed by atoms with E-state index >= 15 is 0 Å². The van der Waals surface area contributed by atoms with E-state index < -0.39 is 11.6 Å². The van der Waals surface area contributed by atoms with Gasteiger partial charge in [0, 0.05) is 6.07 Å². The molecule has 2 atom stereocenters. The first-order chi connectivity index (χ1) is 9.58. The molecule has 0 unspecified atom stereocenters. The second kappa shape index (κ2) is 6.62. The van der Waals surface area contributed by atoms with Crippen LogP contribution in [-0.4, -0.2) is 36.4 Å². The third kappa shape index (κ3) is 3.88. The van der Waals surface area contributed by atoms with Gasteiger partial charge in [0.05, 0.1) is 31.0 Å². The number of anilines is 1. The maximum atomic E-state index is 13.4. The SMILES string of the molecule is NC(=NC[C@H]1CC[C@@H](CO)O1)Nc1cc(F)ccc1F. The molecule has 5 nitrogen and oxygen atoms in total. The molecule has 4 N–H and O–H groups in total. The standard InChI is InChI=1S/C13H17F2N3O2/c14-8-1-4-11(15)12(5-8)18-13(16)17-6-9-2-3-10(7-19)20-9/h1,4-5,9-10,19H,2-3,6-7H2,(H3,16,17,18)/t9-,10+/m1/s1. The number of aliphatic imine (C=N–C) groups is 1. The van der Waals surface area contributed by atoms with Crippen molar-refractivity contribution in [1.82, 2.24) is 0 Å². The van der Waals surface area contributed by atoms with Crippen LogP contribution in [0, 0.1) is 11.6 Å². The summed E-state index contributed by atoms with van der Waals surface area (Å²) in [6.45, 7) is 0.300. The minimum absolute atomic E-state index is 0.00875. The molecule has 0 radical (unpaired) electrons. The van der Waals surface area contributed by atoms with E-state index in [1.807, 2.05) is 0 Å². The highest BCUT2D eigenvalue weighted by atomic mass is 19.1. The van der Waals surface area contributed by atoms with Crippen LogP contribution in [0.15, 0.2) is 23.2 Å². The highest BCUT2D eigenvalue weighted by Gasteiger charge is 2.24. The molecule has 1 aliphatic heterocycles. The number of nitrogens with one attached hydrogen (secondary N) is 1. The Morgan fingerprint density at radius 1 is 1.40 bits per heavy atom. The van der Waals surface area contributed by atoms with Crippen molar-refractivity contribution in [2.45, 2.75) is 25.0 Å². The Labute approximate surface area is 115 Å². The molecule has 110 valence electrons. The number of rotatable bonds is 4. The van der Waals surface area contributed by atoms with Crippen LogP contribution in [0.2, 0.25) is 0 Å². The predicted molar refractivity (Wildman–Crippen MR) is 71.5 cm³/mol. The molecule has 0 aromatic heterocycles. The number of hydrogen-bond acceptors (Lipinski definition) is 3. The summed E-state index contributed by atoms with van der Waals surface area (Å²) in [7, 11) is 0. The van der Waals surface area contributed by atoms with Crippen LogP contribution < -0.4 is 11.1 Å². The van der Waals surface area contributed by atoms with Crippen LogP contribution in [0.4, 0.5) is 14.5 Å². The van der Waals surface area contributed by atoms with E-state index in [2.05, 4.69) is 10.3 Å². The summed E-state index contributed by atoms with van der Waals surface area (Å²) >= 11 is 0. The largest absolute Gasteiger partial charge is 0.394 e. The van der Waals surface area contributed by atoms with E-state index in [0.717, 1.165) is 31.0 Å². The molecular formula is C13H17F2N3O2. The fourth-order valence-corrected chi connectivity index (χ4v) is 2.02. The number of aliphatic hydroxyl groups is 1. The van der Waals surface area contributed by atoms with Crippen LogP contribution >= 0.6 is 0 Å². The van der Waals surface area contributed by atoms with E-state index in [1.165, 1.54) is 0 Å². The van der Waals surface area contributed by atoms with Crippen LogP contribution in [0.5, 0.6) is 0 Å². The normalized spacial score (nSPS) is 23.1. The van der Waals surface area contributed by atoms with Gasteiger partial charge in [-0.25, -0.2) is 8.78 Å². The zero-order valence-corrected chi connectivity index (χ0v) is 10.9. The summed E-state index contributed by atoms with van der Waals surface area (Å²) in [6, 6.07) is 3.04. The smallest absolute Gasteiger partial charge is 0.193 e. The molecule has 0 bridgehead atoms. The Hall–Kier alpha value is -1.73. The average molecular weight is 285 g/mol. The van der Waals surface area contributed by atoms with Gasteiger partial charge in [0.15, 0.2) is 5.96 Å². The molecule has 1 aromatic carbocycles. The maximum Gasteiger partial charge on any atom is 0.193 e. The summed E-state index contributed by atoms with van der Waals surface area (Å²) in [4.78, 5) is 4.03. The Morgan fingerprint density at radius 3 is 2.85 bits per heavy atom. The highest BCUT2D eigenvalue weighted by molar-refractivity contribution is 5.92. The molecule has 0 amide bonds. The van der Waals surface area contributed by atoms with Crippen molar-refractivity contribution in [1.29, 1.82) is 0 Å². The first kappa shape index (κ1) is 14.7. The highest BCUT2D eigenvalue weighted by Crippen LogP contribution is 2.19. The van der Waals surface area contributed by atoms with Crippen molar-refractivity contribution >= 4 is 11.6 Å². The monoisotopic (exact) mass is 285 g/mol. The lowest BCUT2D eigenvalue weighted by molar-refractivity contribution is 0.0160. The Balaban J connectivity index is 1.89. The summed E-state index contributed by atoms with van der Waals surface area (Å²) in [5.41, 5.74) is 5.55. The van der Waals surface area contributed by atoms with Gasteiger partial charge in [-0.15, -0.1) is 0 Å². The van der Waals surface area contributed by atoms with Gasteiger partial charge in [-0.3, -0.25) is 4.99 Å². The third-order valence-corrected chi connectivity index (χ3v) is 3.06. The Kier molecular flexibility index (Phi) is 4.86. The number of hydrogen-bond donors (Lipinski definition) is 3. The lowest BCUT2D eigenvalue weighted by Gasteiger charge is -2.11. The minimum atomic E-state index is -0.609. The molecule has 1 aliphatic rings. The van der Waals surface area contributed by atoms with Gasteiger partial charge in [-0.1, -0.05) is 0 Å². The van der Waals surface area contributed by atoms with Gasteiger partial charge in [-0.05, 0) is 25.0 Å². The summed E-state index contributed by atoms with van der Waals surface area (Å²) in [6.07, 6.45) is 1.31. The number of benzene rings is 1. The zero-order valence-electron chi connectivity index (χ0n) is 10.9. The molecule has 2 rings (SSSR count). The molecule has 20 heavy (non-hydrogen) atoms. The molecule has 1 heterocycles. The van der Waals surface area contributed by atoms with Crippen molar-refractivity contribution in [3.05, 3.63) is 29.8 Å². The van der Waals surface area contributed by atoms with Gasteiger partial charge in [0.2, 0.25) is 0 Å². The van der Waals surface area contributed by atoms with Gasteiger partial charge in [0.25, 0.3) is 0 Å². The van der Waals surface area contributed by atoms with Crippen molar-refractivity contribution in [2.75, 3.05) is 18.5 Å². The average Bonchev–Trinajstić information content (AvgIpc) is 2.89. The second-order valence-corrected chi connectivity index (χ2v) is 4.62. The second-order valence-electron chi connectivity index (χ2n) is 4.62. The Morgan fingerprint density at radius 2 is 2.15 bits per heavy atom. The summed E-state index contributed by atoms with van der Waals surface area (Å²) in [5.74, 6) is -1.18. The summed E-state index contributed by atoms with van der Waals surface area (Å²) < 4.78 is 31.8. The van der Waals surface area contributed by atoms with Gasteiger partial charge >= 0.3 is 0 Å². The number of nitrogens with zero attached hydrogens (tertiary/aromatic N) is 1. The van der Waals surface area contributed by atoms with Gasteiger partial charge < -0.3 is 20.9 Å². The van der Waals surface area contributed by atoms with Gasteiger partial charge in [-0.2, -0.15) is 0 Å². The topological polar surface area (TPSA) is 79.9 Å². The molecule has 0 aliphatic carbocycles. The number of aliphatic hydroxyl groups excluding tert-OH is 1. The fourth-order valence-electron chi connectivity index (χ4n) is 2.02. The van der Waals surface area contributed by atoms with Crippen LogP contribution in [0.3, 0.4) is 0 Å². The quantitative estimate of drug-likeness (QED) is 0.574. The van der Waals surface area contributed by atoms with Crippen molar-refractivity contribution in [2.24, 2.45) is 10.7 Å². The first-order valence-electron chi connectivity index (χ1n) is 6.37. The molecule has 7 heteroatoms. The van der Waals surface area contributed by atoms with E-state index in [4.69, 9.17) is 15.6 Å². The first-order valence-corrected chi connectivity index (χ1v) is 6.37. The molecule has 1 aromatic rings. The predicted octanol–water partition coefficient (Wildman–Crippen LogP) is 1.23. The molecule has 0 saturated carbocycles. The maximum absolute atomic E-state index is 13.4. The van der Waals surface area contributed by atoms with E-state index in [1.54, 1.807) is 0 Å².